The molecule has 0 atom stereocenters. The van der Waals surface area contributed by atoms with Gasteiger partial charge in [-0.15, -0.1) is 11.3 Å². The van der Waals surface area contributed by atoms with E-state index in [0.29, 0.717) is 0 Å². The molecule has 2 aromatic heterocycles. The lowest BCUT2D eigenvalue weighted by atomic mass is 10.3. The third-order valence-electron chi connectivity index (χ3n) is 2.47. The molecule has 3 aromatic rings. The minimum atomic E-state index is 0.720. The van der Waals surface area contributed by atoms with E-state index < -0.39 is 0 Å². The first-order valence-electron chi connectivity index (χ1n) is 5.14. The summed E-state index contributed by atoms with van der Waals surface area (Å²) in [5.74, 6) is 0. The Balaban J connectivity index is 2.02. The third kappa shape index (κ3) is 1.81. The maximum absolute atomic E-state index is 5.84. The van der Waals surface area contributed by atoms with E-state index in [9.17, 15) is 0 Å². The zero-order chi connectivity index (χ0) is 11.7. The smallest absolute Gasteiger partial charge is 0.114 e. The summed E-state index contributed by atoms with van der Waals surface area (Å²) in [6, 6.07) is 9.94. The van der Waals surface area contributed by atoms with Gasteiger partial charge in [0.05, 0.1) is 17.4 Å². The quantitative estimate of drug-likeness (QED) is 0.751. The second kappa shape index (κ2) is 4.03. The normalized spacial score (nSPS) is 10.6. The van der Waals surface area contributed by atoms with Gasteiger partial charge in [-0.3, -0.25) is 0 Å². The van der Waals surface area contributed by atoms with E-state index in [4.69, 9.17) is 5.73 Å². The Labute approximate surface area is 102 Å². The van der Waals surface area contributed by atoms with Crippen LogP contribution in [0.4, 0.5) is 5.00 Å². The van der Waals surface area contributed by atoms with Crippen LogP contribution in [0.2, 0.25) is 0 Å². The lowest BCUT2D eigenvalue weighted by Crippen LogP contribution is -1.92. The van der Waals surface area contributed by atoms with Crippen LogP contribution >= 0.6 is 11.3 Å². The molecule has 3 rings (SSSR count). The predicted molar refractivity (Wildman–Crippen MR) is 69.1 cm³/mol. The van der Waals surface area contributed by atoms with Crippen LogP contribution in [0.5, 0.6) is 0 Å². The molecule has 0 aliphatic rings. The van der Waals surface area contributed by atoms with Crippen LogP contribution < -0.4 is 5.73 Å². The Morgan fingerprint density at radius 1 is 1.18 bits per heavy atom. The number of hydrogen-bond donors (Lipinski definition) is 1. The predicted octanol–water partition coefficient (Wildman–Crippen LogP) is 2.58. The number of thiazole rings is 1. The number of nitrogens with zero attached hydrogens (tertiary/aromatic N) is 3. The number of anilines is 1. The highest BCUT2D eigenvalue weighted by atomic mass is 32.1. The minimum absolute atomic E-state index is 0.720. The molecule has 0 aliphatic carbocycles. The van der Waals surface area contributed by atoms with Crippen molar-refractivity contribution < 1.29 is 0 Å². The molecule has 0 bridgehead atoms. The topological polar surface area (TPSA) is 56.7 Å². The molecule has 0 aliphatic heterocycles. The molecule has 0 radical (unpaired) electrons. The van der Waals surface area contributed by atoms with Crippen LogP contribution in [0.1, 0.15) is 0 Å². The summed E-state index contributed by atoms with van der Waals surface area (Å²) in [6.45, 7) is 0. The fraction of sp³-hybridized carbons (Fsp3) is 0. The molecule has 0 fully saturated rings. The summed E-state index contributed by atoms with van der Waals surface area (Å²) >= 11 is 1.43. The van der Waals surface area contributed by atoms with Gasteiger partial charge in [0, 0.05) is 11.8 Å². The fourth-order valence-corrected chi connectivity index (χ4v) is 2.19. The van der Waals surface area contributed by atoms with Crippen LogP contribution in [0.3, 0.4) is 0 Å². The van der Waals surface area contributed by atoms with Crippen molar-refractivity contribution in [3.8, 4) is 16.9 Å². The number of aromatic nitrogens is 3. The zero-order valence-electron chi connectivity index (χ0n) is 8.95. The molecular formula is C12H10N4S. The highest BCUT2D eigenvalue weighted by Crippen LogP contribution is 2.27. The highest BCUT2D eigenvalue weighted by Gasteiger charge is 2.08. The second-order valence-corrected chi connectivity index (χ2v) is 4.46. The zero-order valence-corrected chi connectivity index (χ0v) is 9.76. The third-order valence-corrected chi connectivity index (χ3v) is 3.13. The highest BCUT2D eigenvalue weighted by molar-refractivity contribution is 7.14. The van der Waals surface area contributed by atoms with Gasteiger partial charge in [0.25, 0.3) is 0 Å². The summed E-state index contributed by atoms with van der Waals surface area (Å²) in [7, 11) is 0. The van der Waals surface area contributed by atoms with Crippen molar-refractivity contribution in [1.82, 2.24) is 14.8 Å². The summed E-state index contributed by atoms with van der Waals surface area (Å²) in [4.78, 5) is 4.23. The van der Waals surface area contributed by atoms with Crippen molar-refractivity contribution in [3.63, 3.8) is 0 Å². The molecule has 17 heavy (non-hydrogen) atoms. The molecule has 0 saturated heterocycles. The van der Waals surface area contributed by atoms with Gasteiger partial charge >= 0.3 is 0 Å². The first kappa shape index (κ1) is 10.0. The maximum Gasteiger partial charge on any atom is 0.114 e. The van der Waals surface area contributed by atoms with Gasteiger partial charge in [0.2, 0.25) is 0 Å². The number of nitrogen functional groups attached to an aromatic ring is 1. The number of para-hydroxylation sites is 1. The first-order valence-corrected chi connectivity index (χ1v) is 6.02. The summed E-state index contributed by atoms with van der Waals surface area (Å²) in [6.07, 6.45) is 3.71. The number of benzene rings is 1. The number of rotatable bonds is 2. The van der Waals surface area contributed by atoms with Gasteiger partial charge in [0.1, 0.15) is 10.7 Å². The molecule has 4 nitrogen and oxygen atoms in total. The average molecular weight is 242 g/mol. The molecule has 5 heteroatoms. The van der Waals surface area contributed by atoms with E-state index in [1.807, 2.05) is 41.2 Å². The van der Waals surface area contributed by atoms with Crippen molar-refractivity contribution in [2.24, 2.45) is 0 Å². The fourth-order valence-electron chi connectivity index (χ4n) is 1.64. The monoisotopic (exact) mass is 242 g/mol. The van der Waals surface area contributed by atoms with Gasteiger partial charge < -0.3 is 5.73 Å². The molecule has 1 aromatic carbocycles. The summed E-state index contributed by atoms with van der Waals surface area (Å²) in [5.41, 5.74) is 10.3. The number of hydrogen-bond acceptors (Lipinski definition) is 4. The standard InChI is InChI=1S/C12H10N4S/c13-12-11(14-8-17-12)9-6-15-16(7-9)10-4-2-1-3-5-10/h1-8H,13H2. The van der Waals surface area contributed by atoms with E-state index >= 15 is 0 Å². The SMILES string of the molecule is Nc1scnc1-c1cnn(-c2ccccc2)c1. The molecular weight excluding hydrogens is 232 g/mol. The van der Waals surface area contributed by atoms with Gasteiger partial charge in [0.15, 0.2) is 0 Å². The summed E-state index contributed by atoms with van der Waals surface area (Å²) < 4.78 is 1.81. The van der Waals surface area contributed by atoms with Crippen LogP contribution in [0.15, 0.2) is 48.2 Å². The lowest BCUT2D eigenvalue weighted by molar-refractivity contribution is 0.881. The largest absolute Gasteiger partial charge is 0.389 e. The Morgan fingerprint density at radius 2 is 2.00 bits per heavy atom. The van der Waals surface area contributed by atoms with Crippen LogP contribution in [0, 0.1) is 0 Å². The van der Waals surface area contributed by atoms with E-state index in [1.165, 1.54) is 11.3 Å². The van der Waals surface area contributed by atoms with Crippen molar-refractivity contribution >= 4 is 16.3 Å². The van der Waals surface area contributed by atoms with Crippen molar-refractivity contribution in [2.45, 2.75) is 0 Å². The van der Waals surface area contributed by atoms with Crippen molar-refractivity contribution in [2.75, 3.05) is 5.73 Å². The van der Waals surface area contributed by atoms with Crippen molar-refractivity contribution in [3.05, 3.63) is 48.2 Å². The van der Waals surface area contributed by atoms with Gasteiger partial charge in [-0.25, -0.2) is 9.67 Å². The van der Waals surface area contributed by atoms with Crippen LogP contribution in [-0.4, -0.2) is 14.8 Å². The lowest BCUT2D eigenvalue weighted by Gasteiger charge is -1.98. The van der Waals surface area contributed by atoms with Crippen molar-refractivity contribution in [1.29, 1.82) is 0 Å². The van der Waals surface area contributed by atoms with Gasteiger partial charge in [-0.2, -0.15) is 5.10 Å². The van der Waals surface area contributed by atoms with E-state index in [2.05, 4.69) is 10.1 Å². The van der Waals surface area contributed by atoms with Gasteiger partial charge in [-0.05, 0) is 12.1 Å². The van der Waals surface area contributed by atoms with Crippen LogP contribution in [0.25, 0.3) is 16.9 Å². The molecule has 84 valence electrons. The van der Waals surface area contributed by atoms with E-state index in [-0.39, 0.29) is 0 Å². The Hall–Kier alpha value is -2.14. The molecule has 0 saturated carbocycles. The minimum Gasteiger partial charge on any atom is -0.389 e. The molecule has 0 unspecified atom stereocenters. The van der Waals surface area contributed by atoms with Crippen LogP contribution in [-0.2, 0) is 0 Å². The Kier molecular flexibility index (Phi) is 2.38. The molecule has 2 heterocycles. The summed E-state index contributed by atoms with van der Waals surface area (Å²) in [5, 5.41) is 5.03. The Bertz CT molecular complexity index is 627. The first-order chi connectivity index (χ1) is 8.34. The average Bonchev–Trinajstić information content (AvgIpc) is 2.98. The van der Waals surface area contributed by atoms with Gasteiger partial charge in [-0.1, -0.05) is 18.2 Å². The molecule has 0 amide bonds. The second-order valence-electron chi connectivity index (χ2n) is 3.57. The van der Waals surface area contributed by atoms with E-state index in [0.717, 1.165) is 21.9 Å². The Morgan fingerprint density at radius 3 is 2.71 bits per heavy atom. The molecule has 0 spiro atoms. The maximum atomic E-state index is 5.84. The number of nitrogens with two attached hydrogens (primary N) is 1. The molecule has 2 N–H and O–H groups in total. The van der Waals surface area contributed by atoms with E-state index in [1.54, 1.807) is 11.7 Å².